The molecule has 0 spiro atoms. The normalized spacial score (nSPS) is 10.3. The van der Waals surface area contributed by atoms with E-state index < -0.39 is 0 Å². The maximum atomic E-state index is 11.8. The monoisotopic (exact) mass is 326 g/mol. The number of amides is 2. The van der Waals surface area contributed by atoms with Crippen molar-refractivity contribution < 1.29 is 14.3 Å². The number of aryl methyl sites for hydroxylation is 3. The third-order valence-electron chi connectivity index (χ3n) is 3.56. The van der Waals surface area contributed by atoms with Gasteiger partial charge in [-0.2, -0.15) is 0 Å². The maximum Gasteiger partial charge on any atom is 0.250 e. The molecule has 0 radical (unpaired) electrons. The van der Waals surface area contributed by atoms with Crippen molar-refractivity contribution in [2.45, 2.75) is 20.8 Å². The van der Waals surface area contributed by atoms with Crippen LogP contribution in [0.1, 0.15) is 16.7 Å². The Morgan fingerprint density at radius 1 is 0.833 bits per heavy atom. The second kappa shape index (κ2) is 8.26. The van der Waals surface area contributed by atoms with Crippen molar-refractivity contribution >= 4 is 23.2 Å². The molecule has 0 aliphatic carbocycles. The molecule has 0 aromatic heterocycles. The zero-order chi connectivity index (χ0) is 17.5. The van der Waals surface area contributed by atoms with Gasteiger partial charge >= 0.3 is 0 Å². The summed E-state index contributed by atoms with van der Waals surface area (Å²) in [5.74, 6) is -0.582. The van der Waals surface area contributed by atoms with Crippen LogP contribution in [0.3, 0.4) is 0 Å². The average molecular weight is 326 g/mol. The molecule has 0 heterocycles. The fourth-order valence-corrected chi connectivity index (χ4v) is 2.17. The molecule has 0 saturated carbocycles. The van der Waals surface area contributed by atoms with E-state index in [4.69, 9.17) is 4.74 Å². The Morgan fingerprint density at radius 2 is 1.46 bits per heavy atom. The van der Waals surface area contributed by atoms with Crippen LogP contribution in [-0.2, 0) is 14.3 Å². The highest BCUT2D eigenvalue weighted by atomic mass is 16.5. The molecule has 5 heteroatoms. The highest BCUT2D eigenvalue weighted by Crippen LogP contribution is 2.14. The molecular formula is C19H22N2O3. The van der Waals surface area contributed by atoms with Gasteiger partial charge in [-0.15, -0.1) is 0 Å². The predicted molar refractivity (Wildman–Crippen MR) is 95.2 cm³/mol. The molecule has 2 amide bonds. The number of nitrogens with one attached hydrogen (secondary N) is 2. The van der Waals surface area contributed by atoms with Gasteiger partial charge in [-0.1, -0.05) is 18.2 Å². The Morgan fingerprint density at radius 3 is 2.04 bits per heavy atom. The first-order valence-electron chi connectivity index (χ1n) is 7.75. The Kier molecular flexibility index (Phi) is 6.09. The third kappa shape index (κ3) is 5.52. The van der Waals surface area contributed by atoms with E-state index in [-0.39, 0.29) is 25.0 Å². The van der Waals surface area contributed by atoms with Crippen LogP contribution in [0.25, 0.3) is 0 Å². The molecule has 2 N–H and O–H groups in total. The molecule has 0 bridgehead atoms. The van der Waals surface area contributed by atoms with Crippen LogP contribution in [0.5, 0.6) is 0 Å². The topological polar surface area (TPSA) is 67.4 Å². The van der Waals surface area contributed by atoms with E-state index in [1.54, 1.807) is 6.07 Å². The minimum Gasteiger partial charge on any atom is -0.362 e. The van der Waals surface area contributed by atoms with E-state index in [2.05, 4.69) is 10.6 Å². The molecule has 2 aromatic carbocycles. The number of carbonyl (C=O) groups excluding carboxylic acids is 2. The molecule has 5 nitrogen and oxygen atoms in total. The van der Waals surface area contributed by atoms with Crippen LogP contribution < -0.4 is 10.6 Å². The largest absolute Gasteiger partial charge is 0.362 e. The number of rotatable bonds is 6. The lowest BCUT2D eigenvalue weighted by Crippen LogP contribution is -2.24. The second-order valence-corrected chi connectivity index (χ2v) is 5.76. The predicted octanol–water partition coefficient (Wildman–Crippen LogP) is 3.21. The smallest absolute Gasteiger partial charge is 0.250 e. The summed E-state index contributed by atoms with van der Waals surface area (Å²) in [6.07, 6.45) is 0. The minimum absolute atomic E-state index is 0.172. The van der Waals surface area contributed by atoms with Gasteiger partial charge < -0.3 is 15.4 Å². The number of hydrogen-bond acceptors (Lipinski definition) is 3. The number of carbonyl (C=O) groups is 2. The van der Waals surface area contributed by atoms with Crippen molar-refractivity contribution in [3.05, 3.63) is 59.2 Å². The summed E-state index contributed by atoms with van der Waals surface area (Å²) in [4.78, 5) is 23.6. The van der Waals surface area contributed by atoms with Crippen molar-refractivity contribution in [2.24, 2.45) is 0 Å². The van der Waals surface area contributed by atoms with Gasteiger partial charge in [0, 0.05) is 11.4 Å². The zero-order valence-electron chi connectivity index (χ0n) is 14.2. The van der Waals surface area contributed by atoms with Crippen LogP contribution >= 0.6 is 0 Å². The van der Waals surface area contributed by atoms with Gasteiger partial charge in [0.05, 0.1) is 0 Å². The van der Waals surface area contributed by atoms with Gasteiger partial charge in [-0.25, -0.2) is 0 Å². The Hall–Kier alpha value is -2.66. The van der Waals surface area contributed by atoms with E-state index in [0.717, 1.165) is 22.4 Å². The fourth-order valence-electron chi connectivity index (χ4n) is 2.17. The van der Waals surface area contributed by atoms with Crippen LogP contribution in [-0.4, -0.2) is 25.0 Å². The molecule has 126 valence electrons. The molecular weight excluding hydrogens is 304 g/mol. The van der Waals surface area contributed by atoms with Crippen molar-refractivity contribution in [3.63, 3.8) is 0 Å². The van der Waals surface area contributed by atoms with Crippen molar-refractivity contribution in [1.29, 1.82) is 0 Å². The molecule has 2 aromatic rings. The van der Waals surface area contributed by atoms with Gasteiger partial charge in [-0.05, 0) is 61.7 Å². The quantitative estimate of drug-likeness (QED) is 0.856. The molecule has 0 atom stereocenters. The first-order chi connectivity index (χ1) is 11.4. The Bertz CT molecular complexity index is 741. The molecule has 0 aliphatic heterocycles. The summed E-state index contributed by atoms with van der Waals surface area (Å²) < 4.78 is 5.16. The first kappa shape index (κ1) is 17.7. The van der Waals surface area contributed by atoms with Crippen molar-refractivity contribution in [3.8, 4) is 0 Å². The lowest BCUT2D eigenvalue weighted by Gasteiger charge is -2.09. The number of hydrogen-bond donors (Lipinski definition) is 2. The molecule has 2 rings (SSSR count). The van der Waals surface area contributed by atoms with Gasteiger partial charge in [0.2, 0.25) is 11.8 Å². The standard InChI is InChI=1S/C19H22N2O3/c1-13-5-4-6-16(9-13)20-18(22)11-24-12-19(23)21-17-8-7-14(2)15(3)10-17/h4-10H,11-12H2,1-3H3,(H,20,22)(H,21,23). The fraction of sp³-hybridized carbons (Fsp3) is 0.263. The van der Waals surface area contributed by atoms with E-state index in [0.29, 0.717) is 5.69 Å². The lowest BCUT2D eigenvalue weighted by molar-refractivity contribution is -0.125. The Balaban J connectivity index is 1.73. The van der Waals surface area contributed by atoms with E-state index in [1.165, 1.54) is 0 Å². The highest BCUT2D eigenvalue weighted by molar-refractivity contribution is 5.93. The summed E-state index contributed by atoms with van der Waals surface area (Å²) in [5.41, 5.74) is 4.75. The average Bonchev–Trinajstić information content (AvgIpc) is 2.51. The van der Waals surface area contributed by atoms with Crippen LogP contribution in [0.2, 0.25) is 0 Å². The van der Waals surface area contributed by atoms with Crippen LogP contribution in [0.15, 0.2) is 42.5 Å². The van der Waals surface area contributed by atoms with Gasteiger partial charge in [0.15, 0.2) is 0 Å². The molecule has 0 saturated heterocycles. The van der Waals surface area contributed by atoms with E-state index in [1.807, 2.05) is 57.2 Å². The van der Waals surface area contributed by atoms with Crippen LogP contribution in [0.4, 0.5) is 11.4 Å². The lowest BCUT2D eigenvalue weighted by atomic mass is 10.1. The Labute approximate surface area is 142 Å². The van der Waals surface area contributed by atoms with Crippen molar-refractivity contribution in [1.82, 2.24) is 0 Å². The minimum atomic E-state index is -0.292. The number of benzene rings is 2. The third-order valence-corrected chi connectivity index (χ3v) is 3.56. The summed E-state index contributed by atoms with van der Waals surface area (Å²) >= 11 is 0. The summed E-state index contributed by atoms with van der Waals surface area (Å²) in [7, 11) is 0. The van der Waals surface area contributed by atoms with E-state index in [9.17, 15) is 9.59 Å². The summed E-state index contributed by atoms with van der Waals surface area (Å²) in [6.45, 7) is 5.60. The van der Waals surface area contributed by atoms with E-state index >= 15 is 0 Å². The molecule has 0 aliphatic rings. The number of ether oxygens (including phenoxy) is 1. The highest BCUT2D eigenvalue weighted by Gasteiger charge is 2.07. The number of anilines is 2. The zero-order valence-corrected chi connectivity index (χ0v) is 14.2. The van der Waals surface area contributed by atoms with Gasteiger partial charge in [0.1, 0.15) is 13.2 Å². The SMILES string of the molecule is Cc1cccc(NC(=O)COCC(=O)Nc2ccc(C)c(C)c2)c1. The van der Waals surface area contributed by atoms with Gasteiger partial charge in [-0.3, -0.25) is 9.59 Å². The maximum absolute atomic E-state index is 11.8. The van der Waals surface area contributed by atoms with Crippen LogP contribution in [0, 0.1) is 20.8 Å². The summed E-state index contributed by atoms with van der Waals surface area (Å²) in [5, 5.41) is 5.47. The molecule has 0 unspecified atom stereocenters. The van der Waals surface area contributed by atoms with Gasteiger partial charge in [0.25, 0.3) is 0 Å². The van der Waals surface area contributed by atoms with Crippen molar-refractivity contribution in [2.75, 3.05) is 23.8 Å². The molecule has 24 heavy (non-hydrogen) atoms. The second-order valence-electron chi connectivity index (χ2n) is 5.76. The first-order valence-corrected chi connectivity index (χ1v) is 7.75. The summed E-state index contributed by atoms with van der Waals surface area (Å²) in [6, 6.07) is 13.2. The molecule has 0 fully saturated rings.